The lowest BCUT2D eigenvalue weighted by Crippen LogP contribution is -3.13. The number of likely N-dealkylation sites (tertiary alicyclic amines) is 1. The van der Waals surface area contributed by atoms with Crippen LogP contribution in [-0.2, 0) is 4.79 Å². The van der Waals surface area contributed by atoms with E-state index >= 15 is 0 Å². The Morgan fingerprint density at radius 2 is 1.84 bits per heavy atom. The van der Waals surface area contributed by atoms with Gasteiger partial charge in [-0.3, -0.25) is 9.59 Å². The molecule has 25 heavy (non-hydrogen) atoms. The van der Waals surface area contributed by atoms with Gasteiger partial charge in [-0.1, -0.05) is 13.0 Å². The van der Waals surface area contributed by atoms with Gasteiger partial charge in [0.15, 0.2) is 0 Å². The predicted octanol–water partition coefficient (Wildman–Crippen LogP) is -4.63. The molecule has 1 aliphatic heterocycles. The van der Waals surface area contributed by atoms with Crippen molar-refractivity contribution in [2.45, 2.75) is 26.2 Å². The van der Waals surface area contributed by atoms with E-state index in [-0.39, 0.29) is 46.4 Å². The average molecular weight is 377 g/mol. The number of primary amides is 1. The minimum Gasteiger partial charge on any atom is -1.00 e. The van der Waals surface area contributed by atoms with Gasteiger partial charge in [0.25, 0.3) is 5.91 Å². The van der Waals surface area contributed by atoms with Crippen LogP contribution >= 0.6 is 0 Å². The second-order valence-corrected chi connectivity index (χ2v) is 5.89. The fraction of sp³-hybridized carbons (Fsp3) is 0.500. The van der Waals surface area contributed by atoms with Crippen molar-refractivity contribution in [2.75, 3.05) is 30.7 Å². The van der Waals surface area contributed by atoms with Crippen molar-refractivity contribution in [3.05, 3.63) is 23.8 Å². The number of para-hydroxylation sites is 1. The van der Waals surface area contributed by atoms with Crippen LogP contribution in [0.4, 0.5) is 11.4 Å². The largest absolute Gasteiger partial charge is 1.00 e. The second-order valence-electron chi connectivity index (χ2n) is 5.89. The molecule has 1 fully saturated rings. The number of piperidine rings is 1. The molecule has 1 heterocycles. The Labute approximate surface area is 154 Å². The molecule has 2 amide bonds. The lowest BCUT2D eigenvalue weighted by Gasteiger charge is -2.28. The lowest BCUT2D eigenvalue weighted by atomic mass is 9.95. The third-order valence-electron chi connectivity index (χ3n) is 4.30. The molecular weight excluding hydrogens is 348 g/mol. The molecule has 144 valence electrons. The molecule has 1 aliphatic rings. The first kappa shape index (κ1) is 25.4. The Kier molecular flexibility index (Phi) is 11.8. The minimum absolute atomic E-state index is 0. The van der Waals surface area contributed by atoms with Crippen molar-refractivity contribution < 1.29 is 37.8 Å². The van der Waals surface area contributed by atoms with Crippen LogP contribution in [0.5, 0.6) is 0 Å². The summed E-state index contributed by atoms with van der Waals surface area (Å²) < 4.78 is 0. The molecule has 0 bridgehead atoms. The molecule has 0 aliphatic carbocycles. The highest BCUT2D eigenvalue weighted by Gasteiger charge is 2.27. The number of carbonyl (C=O) groups is 2. The number of nitrogen functional groups attached to an aromatic ring is 1. The molecule has 0 spiro atoms. The molecule has 9 heteroatoms. The molecule has 0 unspecified atom stereocenters. The van der Waals surface area contributed by atoms with Crippen molar-refractivity contribution >= 4 is 23.2 Å². The van der Waals surface area contributed by atoms with Crippen LogP contribution in [0.1, 0.15) is 36.5 Å². The Hall–Kier alpha value is -1.87. The number of hydrogen-bond acceptors (Lipinski definition) is 3. The number of benzene rings is 1. The number of hydrogen-bond donors (Lipinski definition) is 4. The van der Waals surface area contributed by atoms with Gasteiger partial charge in [-0.15, -0.1) is 0 Å². The maximum Gasteiger partial charge on any atom is 0.250 e. The standard InChI is InChI=1S/C16H24N4O2.ClH.2H2O/c1-2-8-20-9-6-11(7-10-20)16(22)19-13-5-3-4-12(14(13)17)15(18)21;;;/h3-5,11H,2,6-10,17H2,1H3,(H2,18,21)(H,19,22);1H;2*1H2. The van der Waals surface area contributed by atoms with E-state index in [9.17, 15) is 9.59 Å². The Morgan fingerprint density at radius 3 is 2.36 bits per heavy atom. The smallest absolute Gasteiger partial charge is 0.250 e. The third kappa shape index (κ3) is 6.50. The number of quaternary nitrogens is 1. The van der Waals surface area contributed by atoms with Crippen LogP contribution in [0.15, 0.2) is 18.2 Å². The summed E-state index contributed by atoms with van der Waals surface area (Å²) in [5.41, 5.74) is 12.1. The van der Waals surface area contributed by atoms with E-state index in [1.807, 2.05) is 0 Å². The van der Waals surface area contributed by atoms with Crippen molar-refractivity contribution in [2.24, 2.45) is 11.7 Å². The molecule has 8 nitrogen and oxygen atoms in total. The van der Waals surface area contributed by atoms with Gasteiger partial charge in [-0.05, 0) is 18.6 Å². The Morgan fingerprint density at radius 1 is 1.24 bits per heavy atom. The number of carbonyl (C=O) groups excluding carboxylic acids is 2. The van der Waals surface area contributed by atoms with Crippen LogP contribution in [-0.4, -0.2) is 42.4 Å². The van der Waals surface area contributed by atoms with E-state index in [1.165, 1.54) is 13.0 Å². The zero-order chi connectivity index (χ0) is 16.1. The van der Waals surface area contributed by atoms with Crippen molar-refractivity contribution in [1.29, 1.82) is 0 Å². The van der Waals surface area contributed by atoms with E-state index in [0.29, 0.717) is 5.69 Å². The van der Waals surface area contributed by atoms with Gasteiger partial charge in [-0.2, -0.15) is 0 Å². The van der Waals surface area contributed by atoms with Gasteiger partial charge in [0.05, 0.1) is 36.6 Å². The van der Waals surface area contributed by atoms with Crippen LogP contribution < -0.4 is 34.1 Å². The van der Waals surface area contributed by atoms with Crippen LogP contribution in [0.25, 0.3) is 0 Å². The summed E-state index contributed by atoms with van der Waals surface area (Å²) in [4.78, 5) is 25.2. The highest BCUT2D eigenvalue weighted by Crippen LogP contribution is 2.24. The molecule has 2 rings (SSSR count). The second kappa shape index (κ2) is 11.6. The number of amides is 2. The Bertz CT molecular complexity index is 563. The summed E-state index contributed by atoms with van der Waals surface area (Å²) in [6, 6.07) is 4.91. The van der Waals surface area contributed by atoms with E-state index in [0.717, 1.165) is 25.9 Å². The number of nitrogens with two attached hydrogens (primary N) is 2. The fourth-order valence-corrected chi connectivity index (χ4v) is 3.02. The van der Waals surface area contributed by atoms with E-state index in [4.69, 9.17) is 11.5 Å². The van der Waals surface area contributed by atoms with Gasteiger partial charge in [0.1, 0.15) is 0 Å². The summed E-state index contributed by atoms with van der Waals surface area (Å²) >= 11 is 0. The fourth-order valence-electron chi connectivity index (χ4n) is 3.02. The summed E-state index contributed by atoms with van der Waals surface area (Å²) in [5.74, 6) is -0.605. The number of nitrogens with one attached hydrogen (secondary N) is 2. The van der Waals surface area contributed by atoms with Gasteiger partial charge < -0.3 is 45.0 Å². The number of halogens is 1. The topological polar surface area (TPSA) is 166 Å². The average Bonchev–Trinajstić information content (AvgIpc) is 2.50. The molecule has 0 aromatic heterocycles. The zero-order valence-corrected chi connectivity index (χ0v) is 15.2. The third-order valence-corrected chi connectivity index (χ3v) is 4.30. The first-order valence-electron chi connectivity index (χ1n) is 7.85. The van der Waals surface area contributed by atoms with Crippen molar-refractivity contribution in [3.63, 3.8) is 0 Å². The van der Waals surface area contributed by atoms with E-state index in [2.05, 4.69) is 12.2 Å². The molecule has 1 aromatic carbocycles. The summed E-state index contributed by atoms with van der Waals surface area (Å²) in [6.07, 6.45) is 2.94. The van der Waals surface area contributed by atoms with Crippen LogP contribution in [0.2, 0.25) is 0 Å². The lowest BCUT2D eigenvalue weighted by molar-refractivity contribution is -0.905. The molecule has 1 aromatic rings. The van der Waals surface area contributed by atoms with Crippen molar-refractivity contribution in [3.8, 4) is 0 Å². The van der Waals surface area contributed by atoms with Crippen LogP contribution in [0.3, 0.4) is 0 Å². The molecule has 1 saturated heterocycles. The van der Waals surface area contributed by atoms with Crippen molar-refractivity contribution in [1.82, 2.24) is 0 Å². The first-order valence-corrected chi connectivity index (χ1v) is 7.85. The van der Waals surface area contributed by atoms with Gasteiger partial charge in [-0.25, -0.2) is 0 Å². The molecule has 0 saturated carbocycles. The van der Waals surface area contributed by atoms with Crippen LogP contribution in [0, 0.1) is 5.92 Å². The molecule has 10 N–H and O–H groups in total. The first-order chi connectivity index (χ1) is 10.5. The molecule has 0 atom stereocenters. The normalized spacial score (nSPS) is 18.8. The highest BCUT2D eigenvalue weighted by molar-refractivity contribution is 6.04. The van der Waals surface area contributed by atoms with E-state index in [1.54, 1.807) is 23.1 Å². The van der Waals surface area contributed by atoms with Gasteiger partial charge in [0.2, 0.25) is 5.91 Å². The summed E-state index contributed by atoms with van der Waals surface area (Å²) in [7, 11) is 0. The van der Waals surface area contributed by atoms with Gasteiger partial charge in [0, 0.05) is 18.8 Å². The number of anilines is 2. The Balaban J connectivity index is 0. The SMILES string of the molecule is CCC[NH+]1CCC(C(=O)Nc2cccc(C(N)=O)c2N)CC1.O.O.[Cl-]. The van der Waals surface area contributed by atoms with E-state index < -0.39 is 5.91 Å². The zero-order valence-electron chi connectivity index (χ0n) is 14.4. The number of rotatable bonds is 5. The molecular formula is C16H29ClN4O4. The summed E-state index contributed by atoms with van der Waals surface area (Å²) in [6.45, 7) is 5.41. The minimum atomic E-state index is -0.593. The maximum atomic E-state index is 12.4. The molecule has 0 radical (unpaired) electrons. The summed E-state index contributed by atoms with van der Waals surface area (Å²) in [5, 5.41) is 2.84. The quantitative estimate of drug-likeness (QED) is 0.380. The highest BCUT2D eigenvalue weighted by atomic mass is 35.5. The predicted molar refractivity (Wildman–Crippen MR) is 93.8 cm³/mol. The monoisotopic (exact) mass is 376 g/mol. The van der Waals surface area contributed by atoms with Gasteiger partial charge >= 0.3 is 0 Å². The maximum absolute atomic E-state index is 12.4.